The Balaban J connectivity index is 2.22. The number of rotatable bonds is 2. The molecule has 1 amide bonds. The number of carbonyl (C=O) groups excluding carboxylic acids is 1. The van der Waals surface area contributed by atoms with Crippen molar-refractivity contribution >= 4 is 34.8 Å². The summed E-state index contributed by atoms with van der Waals surface area (Å²) in [5, 5.41) is 14.1. The average Bonchev–Trinajstić information content (AvgIpc) is 2.77. The standard InChI is InChI=1S/C15H11Cl2NO3/c1-21-9-4-2-8(3-5-9)15(20)12-10(16)6-7-11(17)13(12)18-14(15)19/h2-7,20H,1H3,(H,18,19). The topological polar surface area (TPSA) is 58.6 Å². The summed E-state index contributed by atoms with van der Waals surface area (Å²) >= 11 is 12.2. The van der Waals surface area contributed by atoms with Crippen LogP contribution in [0.15, 0.2) is 36.4 Å². The molecule has 0 spiro atoms. The molecule has 0 aliphatic carbocycles. The molecule has 6 heteroatoms. The zero-order valence-corrected chi connectivity index (χ0v) is 12.5. The maximum absolute atomic E-state index is 12.3. The first-order valence-electron chi connectivity index (χ1n) is 6.15. The van der Waals surface area contributed by atoms with Gasteiger partial charge in [-0.05, 0) is 29.8 Å². The smallest absolute Gasteiger partial charge is 0.265 e. The molecule has 0 saturated heterocycles. The SMILES string of the molecule is COc1ccc(C2(O)C(=O)Nc3c(Cl)ccc(Cl)c32)cc1. The minimum absolute atomic E-state index is 0.270. The zero-order valence-electron chi connectivity index (χ0n) is 11.0. The molecule has 108 valence electrons. The molecular formula is C15H11Cl2NO3. The highest BCUT2D eigenvalue weighted by Gasteiger charge is 2.49. The van der Waals surface area contributed by atoms with Crippen LogP contribution in [0.25, 0.3) is 0 Å². The largest absolute Gasteiger partial charge is 0.497 e. The summed E-state index contributed by atoms with van der Waals surface area (Å²) in [6.07, 6.45) is 0. The van der Waals surface area contributed by atoms with Gasteiger partial charge in [0.15, 0.2) is 5.60 Å². The molecule has 4 nitrogen and oxygen atoms in total. The number of methoxy groups -OCH3 is 1. The molecule has 0 bridgehead atoms. The number of amides is 1. The van der Waals surface area contributed by atoms with E-state index in [0.717, 1.165) is 0 Å². The zero-order chi connectivity index (χ0) is 15.2. The van der Waals surface area contributed by atoms with Crippen LogP contribution in [-0.4, -0.2) is 18.1 Å². The van der Waals surface area contributed by atoms with Crippen LogP contribution < -0.4 is 10.1 Å². The van der Waals surface area contributed by atoms with Crippen molar-refractivity contribution in [3.63, 3.8) is 0 Å². The van der Waals surface area contributed by atoms with E-state index in [0.29, 0.717) is 22.0 Å². The Morgan fingerprint density at radius 2 is 1.71 bits per heavy atom. The van der Waals surface area contributed by atoms with Crippen LogP contribution in [0.5, 0.6) is 5.75 Å². The number of nitrogens with one attached hydrogen (secondary N) is 1. The molecule has 1 atom stereocenters. The van der Waals surface area contributed by atoms with E-state index in [-0.39, 0.29) is 10.6 Å². The van der Waals surface area contributed by atoms with E-state index in [1.807, 2.05) is 0 Å². The Labute approximate surface area is 131 Å². The molecule has 2 aromatic carbocycles. The number of hydrogen-bond acceptors (Lipinski definition) is 3. The van der Waals surface area contributed by atoms with Gasteiger partial charge in [0.25, 0.3) is 5.91 Å². The first-order valence-corrected chi connectivity index (χ1v) is 6.91. The first-order chi connectivity index (χ1) is 9.98. The molecule has 1 heterocycles. The van der Waals surface area contributed by atoms with Crippen molar-refractivity contribution in [2.24, 2.45) is 0 Å². The fraction of sp³-hybridized carbons (Fsp3) is 0.133. The molecule has 21 heavy (non-hydrogen) atoms. The summed E-state index contributed by atoms with van der Waals surface area (Å²) in [5.74, 6) is 0.0378. The molecule has 0 aromatic heterocycles. The third kappa shape index (κ3) is 1.99. The Morgan fingerprint density at radius 1 is 1.10 bits per heavy atom. The van der Waals surface area contributed by atoms with Crippen LogP contribution >= 0.6 is 23.2 Å². The van der Waals surface area contributed by atoms with Crippen molar-refractivity contribution in [2.75, 3.05) is 12.4 Å². The highest BCUT2D eigenvalue weighted by Crippen LogP contribution is 2.47. The monoisotopic (exact) mass is 323 g/mol. The number of fused-ring (bicyclic) bond motifs is 1. The van der Waals surface area contributed by atoms with Crippen LogP contribution in [-0.2, 0) is 10.4 Å². The second kappa shape index (κ2) is 4.91. The lowest BCUT2D eigenvalue weighted by Gasteiger charge is -2.22. The van der Waals surface area contributed by atoms with Crippen molar-refractivity contribution in [1.82, 2.24) is 0 Å². The lowest BCUT2D eigenvalue weighted by atomic mass is 9.87. The van der Waals surface area contributed by atoms with Crippen LogP contribution in [0.2, 0.25) is 10.0 Å². The Morgan fingerprint density at radius 3 is 2.33 bits per heavy atom. The first kappa shape index (κ1) is 14.2. The molecule has 3 rings (SSSR count). The highest BCUT2D eigenvalue weighted by atomic mass is 35.5. The number of carbonyl (C=O) groups is 1. The van der Waals surface area contributed by atoms with E-state index in [4.69, 9.17) is 27.9 Å². The van der Waals surface area contributed by atoms with Gasteiger partial charge in [-0.1, -0.05) is 35.3 Å². The van der Waals surface area contributed by atoms with Gasteiger partial charge in [0.1, 0.15) is 5.75 Å². The number of hydrogen-bond donors (Lipinski definition) is 2. The van der Waals surface area contributed by atoms with Gasteiger partial charge in [-0.15, -0.1) is 0 Å². The van der Waals surface area contributed by atoms with E-state index in [9.17, 15) is 9.90 Å². The summed E-state index contributed by atoms with van der Waals surface area (Å²) in [6, 6.07) is 9.68. The number of anilines is 1. The lowest BCUT2D eigenvalue weighted by Crippen LogP contribution is -2.35. The van der Waals surface area contributed by atoms with E-state index in [1.54, 1.807) is 36.4 Å². The fourth-order valence-corrected chi connectivity index (χ4v) is 2.95. The molecular weight excluding hydrogens is 313 g/mol. The molecule has 1 aliphatic heterocycles. The van der Waals surface area contributed by atoms with E-state index < -0.39 is 11.5 Å². The van der Waals surface area contributed by atoms with Gasteiger partial charge in [-0.25, -0.2) is 0 Å². The summed E-state index contributed by atoms with van der Waals surface area (Å²) in [7, 11) is 1.54. The third-order valence-electron chi connectivity index (χ3n) is 3.54. The Kier molecular flexibility index (Phi) is 3.32. The molecule has 2 N–H and O–H groups in total. The molecule has 1 unspecified atom stereocenters. The summed E-state index contributed by atoms with van der Waals surface area (Å²) < 4.78 is 5.07. The van der Waals surface area contributed by atoms with Gasteiger partial charge in [-0.2, -0.15) is 0 Å². The maximum Gasteiger partial charge on any atom is 0.265 e. The van der Waals surface area contributed by atoms with Crippen molar-refractivity contribution in [3.8, 4) is 5.75 Å². The van der Waals surface area contributed by atoms with Crippen LogP contribution in [0.1, 0.15) is 11.1 Å². The van der Waals surface area contributed by atoms with E-state index >= 15 is 0 Å². The molecule has 0 fully saturated rings. The highest BCUT2D eigenvalue weighted by molar-refractivity contribution is 6.38. The number of aliphatic hydroxyl groups is 1. The predicted octanol–water partition coefficient (Wildman–Crippen LogP) is 3.19. The molecule has 2 aromatic rings. The Hall–Kier alpha value is -1.75. The normalized spacial score (nSPS) is 20.1. The molecule has 0 radical (unpaired) electrons. The van der Waals surface area contributed by atoms with Crippen molar-refractivity contribution in [2.45, 2.75) is 5.60 Å². The summed E-state index contributed by atoms with van der Waals surface area (Å²) in [6.45, 7) is 0. The van der Waals surface area contributed by atoms with Gasteiger partial charge in [0.2, 0.25) is 0 Å². The minimum Gasteiger partial charge on any atom is -0.497 e. The van der Waals surface area contributed by atoms with Gasteiger partial charge in [-0.3, -0.25) is 4.79 Å². The van der Waals surface area contributed by atoms with Gasteiger partial charge >= 0.3 is 0 Å². The predicted molar refractivity (Wildman–Crippen MR) is 81.1 cm³/mol. The number of ether oxygens (including phenoxy) is 1. The second-order valence-electron chi connectivity index (χ2n) is 4.67. The second-order valence-corrected chi connectivity index (χ2v) is 5.49. The Bertz CT molecular complexity index is 730. The maximum atomic E-state index is 12.3. The van der Waals surface area contributed by atoms with Crippen molar-refractivity contribution in [1.29, 1.82) is 0 Å². The van der Waals surface area contributed by atoms with Crippen LogP contribution in [0.4, 0.5) is 5.69 Å². The molecule has 1 aliphatic rings. The van der Waals surface area contributed by atoms with E-state index in [2.05, 4.69) is 5.32 Å². The fourth-order valence-electron chi connectivity index (χ4n) is 2.45. The third-order valence-corrected chi connectivity index (χ3v) is 4.17. The van der Waals surface area contributed by atoms with Crippen LogP contribution in [0.3, 0.4) is 0 Å². The lowest BCUT2D eigenvalue weighted by molar-refractivity contribution is -0.129. The van der Waals surface area contributed by atoms with Gasteiger partial charge in [0, 0.05) is 10.6 Å². The van der Waals surface area contributed by atoms with Crippen molar-refractivity contribution in [3.05, 3.63) is 57.6 Å². The minimum atomic E-state index is -1.87. The number of benzene rings is 2. The summed E-state index contributed by atoms with van der Waals surface area (Å²) in [5.41, 5.74) is -0.869. The quantitative estimate of drug-likeness (QED) is 0.892. The van der Waals surface area contributed by atoms with Crippen LogP contribution in [0, 0.1) is 0 Å². The molecule has 0 saturated carbocycles. The van der Waals surface area contributed by atoms with Gasteiger partial charge < -0.3 is 15.2 Å². The summed E-state index contributed by atoms with van der Waals surface area (Å²) in [4.78, 5) is 12.3. The van der Waals surface area contributed by atoms with Gasteiger partial charge in [0.05, 0.1) is 17.8 Å². The van der Waals surface area contributed by atoms with Crippen molar-refractivity contribution < 1.29 is 14.6 Å². The number of halogens is 2. The average molecular weight is 324 g/mol. The van der Waals surface area contributed by atoms with E-state index in [1.165, 1.54) is 7.11 Å².